The van der Waals surface area contributed by atoms with E-state index >= 15 is 8.78 Å². The highest BCUT2D eigenvalue weighted by Crippen LogP contribution is 2.57. The van der Waals surface area contributed by atoms with Crippen molar-refractivity contribution in [2.45, 2.75) is 119 Å². The normalized spacial score (nSPS) is 29.0. The van der Waals surface area contributed by atoms with Gasteiger partial charge in [0.05, 0.1) is 27.5 Å². The summed E-state index contributed by atoms with van der Waals surface area (Å²) in [4.78, 5) is 74.9. The zero-order valence-electron chi connectivity index (χ0n) is 45.1. The van der Waals surface area contributed by atoms with E-state index in [-0.39, 0.29) is 75.8 Å². The Morgan fingerprint density at radius 1 is 0.925 bits per heavy atom. The summed E-state index contributed by atoms with van der Waals surface area (Å²) in [6, 6.07) is 14.6. The SMILES string of the molecule is C#Cc1c(F)ccc2cccc(-c3ncc4c(N5CC6CCC(C5)N6)nc(OC[C@@]56CCCN5[C@H](CC57CCC(CN(C(=O)O)C5)C7CN5CCC(c7ccc8c(c7)n(C)c(=O)n8C7CCC(=O)NC7=O)CC5)CC6)nc4c3F)c12. The molecule has 4 bridgehead atoms. The molecule has 3 aromatic carbocycles. The van der Waals surface area contributed by atoms with E-state index in [2.05, 4.69) is 43.4 Å². The summed E-state index contributed by atoms with van der Waals surface area (Å²) < 4.78 is 42.6. The van der Waals surface area contributed by atoms with E-state index in [0.29, 0.717) is 84.1 Å². The molecule has 8 atom stereocenters. The number of rotatable bonds is 11. The Morgan fingerprint density at radius 2 is 1.75 bits per heavy atom. The van der Waals surface area contributed by atoms with Crippen molar-refractivity contribution < 1.29 is 33.0 Å². The number of ether oxygens (including phenoxy) is 1. The maximum absolute atomic E-state index is 17.4. The fourth-order valence-corrected chi connectivity index (χ4v) is 16.6. The molecule has 3 aromatic heterocycles. The Morgan fingerprint density at radius 3 is 2.54 bits per heavy atom. The molecule has 3 N–H and O–H groups in total. The number of aromatic nitrogens is 5. The van der Waals surface area contributed by atoms with Crippen molar-refractivity contribution in [3.63, 3.8) is 0 Å². The molecule has 6 unspecified atom stereocenters. The number of hydrogen-bond acceptors (Lipinski definition) is 12. The number of anilines is 1. The number of nitrogens with zero attached hydrogens (tertiary/aromatic N) is 9. The third-order valence-corrected chi connectivity index (χ3v) is 20.4. The zero-order chi connectivity index (χ0) is 54.8. The van der Waals surface area contributed by atoms with Crippen molar-refractivity contribution >= 4 is 56.4 Å². The number of benzene rings is 3. The van der Waals surface area contributed by atoms with E-state index in [1.54, 1.807) is 40.9 Å². The number of halogens is 2. The second kappa shape index (κ2) is 19.6. The lowest BCUT2D eigenvalue weighted by Gasteiger charge is -2.49. The van der Waals surface area contributed by atoms with Crippen molar-refractivity contribution in [3.05, 3.63) is 88.0 Å². The summed E-state index contributed by atoms with van der Waals surface area (Å²) in [6.45, 7) is 6.52. The minimum atomic E-state index is -0.844. The molecule has 19 heteroatoms. The first-order valence-corrected chi connectivity index (χ1v) is 29.0. The number of piperidine rings is 3. The van der Waals surface area contributed by atoms with Crippen LogP contribution in [0.5, 0.6) is 6.01 Å². The van der Waals surface area contributed by atoms with Gasteiger partial charge in [-0.1, -0.05) is 36.3 Å². The number of imide groups is 1. The molecule has 14 rings (SSSR count). The van der Waals surface area contributed by atoms with Crippen molar-refractivity contribution in [2.24, 2.45) is 24.3 Å². The predicted molar refractivity (Wildman–Crippen MR) is 297 cm³/mol. The van der Waals surface area contributed by atoms with Gasteiger partial charge in [-0.2, -0.15) is 9.97 Å². The van der Waals surface area contributed by atoms with Crippen molar-refractivity contribution in [2.75, 3.05) is 63.9 Å². The fraction of sp³-hybridized carbons (Fsp3) is 0.525. The first-order chi connectivity index (χ1) is 38.8. The molecule has 8 fully saturated rings. The second-order valence-corrected chi connectivity index (χ2v) is 24.7. The molecule has 0 spiro atoms. The number of nitrogens with one attached hydrogen (secondary N) is 2. The third-order valence-electron chi connectivity index (χ3n) is 20.4. The van der Waals surface area contributed by atoms with Crippen LogP contribution in [0.1, 0.15) is 107 Å². The molecule has 17 nitrogen and oxygen atoms in total. The minimum absolute atomic E-state index is 0.0199. The van der Waals surface area contributed by atoms with Crippen LogP contribution in [0, 0.1) is 41.2 Å². The Hall–Kier alpha value is -7.01. The number of piperazine rings is 1. The van der Waals surface area contributed by atoms with E-state index in [1.807, 2.05) is 12.1 Å². The first-order valence-electron chi connectivity index (χ1n) is 29.0. The molecule has 7 aliphatic heterocycles. The number of aryl methyl sites for hydroxylation is 1. The summed E-state index contributed by atoms with van der Waals surface area (Å²) in [5.41, 5.74) is 2.44. The van der Waals surface area contributed by atoms with Crippen LogP contribution in [-0.2, 0) is 16.6 Å². The quantitative estimate of drug-likeness (QED) is 0.0868. The topological polar surface area (TPSA) is 183 Å². The van der Waals surface area contributed by atoms with Crippen LogP contribution in [0.25, 0.3) is 44.0 Å². The monoisotopic (exact) mass is 1090 g/mol. The van der Waals surface area contributed by atoms with Gasteiger partial charge in [0, 0.05) is 81.5 Å². The van der Waals surface area contributed by atoms with Gasteiger partial charge in [0.15, 0.2) is 5.82 Å². The highest BCUT2D eigenvalue weighted by Gasteiger charge is 2.58. The maximum Gasteiger partial charge on any atom is 0.407 e. The van der Waals surface area contributed by atoms with Gasteiger partial charge in [0.1, 0.15) is 35.5 Å². The lowest BCUT2D eigenvalue weighted by Crippen LogP contribution is -2.56. The number of pyridine rings is 1. The standard InChI is InChI=1S/C61H67F2N11O6/c1-3-42-46(62)12-8-36-6-4-7-43(51(36)42)53-52(63)54-44(28-64-53)55(71-30-39-10-11-40(31-71)65-39)68-57(67-54)80-34-61-20-5-23-73(61)41(17-22-61)27-60-21-16-38(29-72(33-60)59(78)79)45(60)32-70-24-18-35(19-25-70)37-9-13-47-49(26-37)69(2)58(77)74(47)48-14-15-50(75)66-56(48)76/h1,4,6-9,12-13,26,28,35,38-41,45,48,65H,5,10-11,14-25,27,29-34H2,2H3,(H,78,79)(H,66,75,76)/t38?,39?,40?,41-,45?,48?,60?,61-/m0/s1. The van der Waals surface area contributed by atoms with Crippen LogP contribution < -0.4 is 26.0 Å². The average Bonchev–Trinajstić information content (AvgIpc) is 4.28. The van der Waals surface area contributed by atoms with E-state index in [0.717, 1.165) is 102 Å². The number of terminal acetylenes is 1. The van der Waals surface area contributed by atoms with Gasteiger partial charge in [0.25, 0.3) is 0 Å². The number of carbonyl (C=O) groups excluding carboxylic acids is 2. The van der Waals surface area contributed by atoms with Crippen LogP contribution >= 0.6 is 0 Å². The summed E-state index contributed by atoms with van der Waals surface area (Å²) in [5.74, 6) is 2.03. The molecule has 0 radical (unpaired) electrons. The highest BCUT2D eigenvalue weighted by molar-refractivity contribution is 6.02. The van der Waals surface area contributed by atoms with Gasteiger partial charge in [-0.3, -0.25) is 33.9 Å². The lowest BCUT2D eigenvalue weighted by molar-refractivity contribution is -0.135. The second-order valence-electron chi connectivity index (χ2n) is 24.7. The molecule has 80 heavy (non-hydrogen) atoms. The summed E-state index contributed by atoms with van der Waals surface area (Å²) >= 11 is 0. The minimum Gasteiger partial charge on any atom is -0.465 e. The van der Waals surface area contributed by atoms with E-state index in [1.165, 1.54) is 16.2 Å². The zero-order valence-corrected chi connectivity index (χ0v) is 45.1. The number of carbonyl (C=O) groups is 3. The van der Waals surface area contributed by atoms with Crippen LogP contribution in [0.4, 0.5) is 19.4 Å². The van der Waals surface area contributed by atoms with Crippen LogP contribution in [0.2, 0.25) is 0 Å². The summed E-state index contributed by atoms with van der Waals surface area (Å²) in [5, 5.41) is 18.2. The lowest BCUT2D eigenvalue weighted by atomic mass is 9.68. The van der Waals surface area contributed by atoms with Crippen LogP contribution in [-0.4, -0.2) is 144 Å². The van der Waals surface area contributed by atoms with Gasteiger partial charge in [0.2, 0.25) is 11.8 Å². The van der Waals surface area contributed by atoms with E-state index < -0.39 is 29.7 Å². The molecule has 416 valence electrons. The fourth-order valence-electron chi connectivity index (χ4n) is 16.6. The number of fused-ring (bicyclic) bond motifs is 8. The van der Waals surface area contributed by atoms with Crippen LogP contribution in [0.3, 0.4) is 0 Å². The average molecular weight is 1090 g/mol. The van der Waals surface area contributed by atoms with Crippen molar-refractivity contribution in [3.8, 4) is 29.6 Å². The number of amides is 3. The highest BCUT2D eigenvalue weighted by atomic mass is 19.1. The Bertz CT molecular complexity index is 3640. The largest absolute Gasteiger partial charge is 0.465 e. The molecule has 6 aromatic rings. The van der Waals surface area contributed by atoms with Gasteiger partial charge in [-0.25, -0.2) is 18.4 Å². The smallest absolute Gasteiger partial charge is 0.407 e. The Balaban J connectivity index is 0.703. The number of carboxylic acid groups (broad SMARTS) is 1. The van der Waals surface area contributed by atoms with Gasteiger partial charge in [-0.15, -0.1) is 6.42 Å². The molecule has 7 saturated heterocycles. The summed E-state index contributed by atoms with van der Waals surface area (Å²) in [7, 11) is 1.74. The molecule has 10 heterocycles. The van der Waals surface area contributed by atoms with Crippen molar-refractivity contribution in [1.82, 2.24) is 49.4 Å². The molecule has 8 aliphatic rings. The predicted octanol–water partition coefficient (Wildman–Crippen LogP) is 7.33. The Kier molecular flexibility index (Phi) is 12.5. The van der Waals surface area contributed by atoms with E-state index in [4.69, 9.17) is 26.1 Å². The number of imidazole rings is 1. The first kappa shape index (κ1) is 51.2. The molecule has 3 amide bonds. The number of likely N-dealkylation sites (tertiary alicyclic amines) is 2. The summed E-state index contributed by atoms with van der Waals surface area (Å²) in [6.07, 6.45) is 17.9. The van der Waals surface area contributed by atoms with Crippen LogP contribution in [0.15, 0.2) is 59.5 Å². The van der Waals surface area contributed by atoms with Crippen molar-refractivity contribution in [1.29, 1.82) is 0 Å². The Labute approximate surface area is 462 Å². The molecule has 1 saturated carbocycles. The van der Waals surface area contributed by atoms with E-state index in [9.17, 15) is 24.3 Å². The third kappa shape index (κ3) is 8.44. The molecular weight excluding hydrogens is 1020 g/mol. The maximum atomic E-state index is 17.4. The number of hydrogen-bond donors (Lipinski definition) is 3. The van der Waals surface area contributed by atoms with Gasteiger partial charge >= 0.3 is 17.8 Å². The van der Waals surface area contributed by atoms with Gasteiger partial charge in [-0.05, 0) is 149 Å². The molecule has 1 aliphatic carbocycles. The molecular formula is C61H67F2N11O6. The van der Waals surface area contributed by atoms with Gasteiger partial charge < -0.3 is 29.9 Å².